The molecule has 1 aliphatic rings. The minimum absolute atomic E-state index is 0. The van der Waals surface area contributed by atoms with E-state index < -0.39 is 6.09 Å². The van der Waals surface area contributed by atoms with Crippen LogP contribution in [-0.4, -0.2) is 54.0 Å². The second-order valence-electron chi connectivity index (χ2n) is 7.24. The molecule has 1 aromatic carbocycles. The van der Waals surface area contributed by atoms with E-state index in [9.17, 15) is 4.79 Å². The molecule has 9 heteroatoms. The maximum absolute atomic E-state index is 12.4. The molecule has 1 fully saturated rings. The van der Waals surface area contributed by atoms with Crippen LogP contribution in [0.5, 0.6) is 11.8 Å². The molecule has 3 aromatic rings. The van der Waals surface area contributed by atoms with Gasteiger partial charge in [0.05, 0.1) is 19.8 Å². The molecule has 2 aromatic heterocycles. The summed E-state index contributed by atoms with van der Waals surface area (Å²) < 4.78 is 16.6. The van der Waals surface area contributed by atoms with Gasteiger partial charge in [-0.05, 0) is 36.8 Å². The van der Waals surface area contributed by atoms with Crippen LogP contribution in [0.4, 0.5) is 16.4 Å². The number of hydrogen-bond donors (Lipinski definition) is 1. The van der Waals surface area contributed by atoms with Crippen LogP contribution >= 0.6 is 0 Å². The van der Waals surface area contributed by atoms with Gasteiger partial charge in [-0.15, -0.1) is 0 Å². The maximum Gasteiger partial charge on any atom is 0.418 e. The van der Waals surface area contributed by atoms with E-state index in [2.05, 4.69) is 25.2 Å². The Labute approximate surface area is 187 Å². The topological polar surface area (TPSA) is 98.7 Å². The van der Waals surface area contributed by atoms with E-state index in [1.165, 1.54) is 0 Å². The van der Waals surface area contributed by atoms with Gasteiger partial charge >= 0.3 is 12.1 Å². The Morgan fingerprint density at radius 1 is 1.16 bits per heavy atom. The molecule has 0 unspecified atom stereocenters. The zero-order valence-corrected chi connectivity index (χ0v) is 17.9. The maximum atomic E-state index is 12.4. The molecule has 3 heterocycles. The summed E-state index contributed by atoms with van der Waals surface area (Å²) in [6.07, 6.45) is 1.72. The van der Waals surface area contributed by atoms with Gasteiger partial charge in [-0.1, -0.05) is 18.2 Å². The summed E-state index contributed by atoms with van der Waals surface area (Å²) in [6.45, 7) is 4.89. The lowest BCUT2D eigenvalue weighted by Gasteiger charge is -2.28. The summed E-state index contributed by atoms with van der Waals surface area (Å²) in [6, 6.07) is 14.9. The Morgan fingerprint density at radius 2 is 2.03 bits per heavy atom. The third-order valence-electron chi connectivity index (χ3n) is 4.77. The van der Waals surface area contributed by atoms with E-state index in [-0.39, 0.29) is 7.44 Å². The number of rotatable bonds is 7. The SMILES string of the molecule is Cc1cccc(OC(=O)Nc2cc(N3CCOCC3)nc(OCCc3ccccn3)n2)c1.[HH]. The highest BCUT2D eigenvalue weighted by atomic mass is 16.6. The van der Waals surface area contributed by atoms with Crippen LogP contribution in [-0.2, 0) is 11.2 Å². The van der Waals surface area contributed by atoms with E-state index in [0.29, 0.717) is 56.7 Å². The number of aryl methyl sites for hydroxylation is 1. The van der Waals surface area contributed by atoms with E-state index in [4.69, 9.17) is 14.2 Å². The molecule has 0 aliphatic carbocycles. The van der Waals surface area contributed by atoms with Gasteiger partial charge in [0.25, 0.3) is 0 Å². The fourth-order valence-corrected chi connectivity index (χ4v) is 3.20. The van der Waals surface area contributed by atoms with Crippen LogP contribution in [0.2, 0.25) is 0 Å². The average molecular weight is 438 g/mol. The molecule has 0 spiro atoms. The zero-order chi connectivity index (χ0) is 22.2. The van der Waals surface area contributed by atoms with Gasteiger partial charge in [-0.3, -0.25) is 10.3 Å². The third-order valence-corrected chi connectivity index (χ3v) is 4.77. The monoisotopic (exact) mass is 437 g/mol. The summed E-state index contributed by atoms with van der Waals surface area (Å²) in [4.78, 5) is 27.6. The van der Waals surface area contributed by atoms with Crippen molar-refractivity contribution in [3.8, 4) is 11.8 Å². The first-order valence-electron chi connectivity index (χ1n) is 10.5. The Balaban J connectivity index is 0.00000306. The highest BCUT2D eigenvalue weighted by molar-refractivity contribution is 5.85. The Hall–Kier alpha value is -3.72. The Morgan fingerprint density at radius 3 is 2.81 bits per heavy atom. The molecule has 1 amide bonds. The van der Waals surface area contributed by atoms with Crippen molar-refractivity contribution in [1.29, 1.82) is 0 Å². The second kappa shape index (κ2) is 10.5. The average Bonchev–Trinajstić information content (AvgIpc) is 2.80. The van der Waals surface area contributed by atoms with Crippen LogP contribution in [0.15, 0.2) is 54.7 Å². The molecule has 0 radical (unpaired) electrons. The van der Waals surface area contributed by atoms with Crippen LogP contribution in [0.1, 0.15) is 12.7 Å². The second-order valence-corrected chi connectivity index (χ2v) is 7.24. The van der Waals surface area contributed by atoms with E-state index in [1.807, 2.05) is 37.3 Å². The van der Waals surface area contributed by atoms with Crippen molar-refractivity contribution in [3.05, 3.63) is 66.0 Å². The molecule has 9 nitrogen and oxygen atoms in total. The first kappa shape index (κ1) is 21.5. The number of morpholine rings is 1. The van der Waals surface area contributed by atoms with Crippen molar-refractivity contribution in [2.45, 2.75) is 13.3 Å². The lowest BCUT2D eigenvalue weighted by molar-refractivity contribution is 0.122. The number of carbonyl (C=O) groups is 1. The fraction of sp³-hybridized carbons (Fsp3) is 0.304. The molecule has 1 aliphatic heterocycles. The summed E-state index contributed by atoms with van der Waals surface area (Å²) >= 11 is 0. The first-order chi connectivity index (χ1) is 15.7. The standard InChI is InChI=1S/C23H25N5O4.H2/c1-17-5-4-7-19(15-17)32-23(29)26-20-16-21(28-10-13-30-14-11-28)27-22(25-20)31-12-8-18-6-2-3-9-24-18;/h2-7,9,15-16H,8,10-14H2,1H3,(H,25,26,27,29);1H. The predicted octanol–water partition coefficient (Wildman–Crippen LogP) is 3.50. The minimum atomic E-state index is -0.637. The van der Waals surface area contributed by atoms with Gasteiger partial charge < -0.3 is 19.1 Å². The van der Waals surface area contributed by atoms with Crippen LogP contribution < -0.4 is 19.7 Å². The quantitative estimate of drug-likeness (QED) is 0.600. The lowest BCUT2D eigenvalue weighted by atomic mass is 10.2. The number of aromatic nitrogens is 3. The van der Waals surface area contributed by atoms with Crippen molar-refractivity contribution >= 4 is 17.7 Å². The van der Waals surface area contributed by atoms with E-state index >= 15 is 0 Å². The third kappa shape index (κ3) is 6.14. The van der Waals surface area contributed by atoms with Crippen LogP contribution in [0.25, 0.3) is 0 Å². The number of pyridine rings is 1. The number of amides is 1. The first-order valence-corrected chi connectivity index (χ1v) is 10.5. The molecule has 168 valence electrons. The van der Waals surface area contributed by atoms with Crippen molar-refractivity contribution in [2.24, 2.45) is 0 Å². The molecular formula is C23H27N5O4. The molecule has 4 rings (SSSR count). The summed E-state index contributed by atoms with van der Waals surface area (Å²) in [7, 11) is 0. The molecule has 1 saturated heterocycles. The largest absolute Gasteiger partial charge is 0.463 e. The smallest absolute Gasteiger partial charge is 0.418 e. The molecular weight excluding hydrogens is 410 g/mol. The van der Waals surface area contributed by atoms with Crippen molar-refractivity contribution in [1.82, 2.24) is 15.0 Å². The van der Waals surface area contributed by atoms with E-state index in [0.717, 1.165) is 11.3 Å². The number of nitrogens with one attached hydrogen (secondary N) is 1. The van der Waals surface area contributed by atoms with Crippen molar-refractivity contribution in [2.75, 3.05) is 43.1 Å². The van der Waals surface area contributed by atoms with Crippen LogP contribution in [0, 0.1) is 6.92 Å². The Bertz CT molecular complexity index is 1050. The van der Waals surface area contributed by atoms with Gasteiger partial charge in [0, 0.05) is 38.9 Å². The number of ether oxygens (including phenoxy) is 3. The van der Waals surface area contributed by atoms with Crippen molar-refractivity contribution in [3.63, 3.8) is 0 Å². The van der Waals surface area contributed by atoms with Crippen LogP contribution in [0.3, 0.4) is 0 Å². The highest BCUT2D eigenvalue weighted by Crippen LogP contribution is 2.21. The highest BCUT2D eigenvalue weighted by Gasteiger charge is 2.17. The molecule has 0 saturated carbocycles. The number of nitrogens with zero attached hydrogens (tertiary/aromatic N) is 4. The number of benzene rings is 1. The summed E-state index contributed by atoms with van der Waals surface area (Å²) in [5, 5.41) is 2.68. The molecule has 1 N–H and O–H groups in total. The molecule has 0 bridgehead atoms. The van der Waals surface area contributed by atoms with E-state index in [1.54, 1.807) is 24.4 Å². The normalized spacial score (nSPS) is 13.5. The van der Waals surface area contributed by atoms with Gasteiger partial charge in [0.1, 0.15) is 17.4 Å². The van der Waals surface area contributed by atoms with Gasteiger partial charge in [-0.2, -0.15) is 9.97 Å². The number of anilines is 2. The zero-order valence-electron chi connectivity index (χ0n) is 17.9. The summed E-state index contributed by atoms with van der Waals surface area (Å²) in [5.74, 6) is 1.41. The summed E-state index contributed by atoms with van der Waals surface area (Å²) in [5.41, 5.74) is 1.91. The van der Waals surface area contributed by atoms with Gasteiger partial charge in [0.15, 0.2) is 0 Å². The number of hydrogen-bond acceptors (Lipinski definition) is 8. The minimum Gasteiger partial charge on any atom is -0.463 e. The van der Waals surface area contributed by atoms with Crippen molar-refractivity contribution < 1.29 is 20.4 Å². The van der Waals surface area contributed by atoms with Gasteiger partial charge in [-0.25, -0.2) is 4.79 Å². The molecule has 0 atom stereocenters. The van der Waals surface area contributed by atoms with Gasteiger partial charge in [0.2, 0.25) is 0 Å². The fourth-order valence-electron chi connectivity index (χ4n) is 3.20. The number of carbonyl (C=O) groups excluding carboxylic acids is 1. The Kier molecular flexibility index (Phi) is 7.08. The molecule has 32 heavy (non-hydrogen) atoms. The lowest BCUT2D eigenvalue weighted by Crippen LogP contribution is -2.37. The predicted molar refractivity (Wildman–Crippen MR) is 121 cm³/mol.